The maximum absolute atomic E-state index is 12.7. The summed E-state index contributed by atoms with van der Waals surface area (Å²) in [7, 11) is 3.16. The molecule has 0 aliphatic heterocycles. The fourth-order valence-corrected chi connectivity index (χ4v) is 2.71. The first-order valence-corrected chi connectivity index (χ1v) is 8.24. The van der Waals surface area contributed by atoms with E-state index >= 15 is 0 Å². The van der Waals surface area contributed by atoms with Crippen LogP contribution in [0.4, 0.5) is 0 Å². The molecule has 0 aliphatic carbocycles. The highest BCUT2D eigenvalue weighted by atomic mass is 16.5. The fraction of sp³-hybridized carbons (Fsp3) is 0.200. The average molecular weight is 351 g/mol. The first kappa shape index (κ1) is 17.5. The van der Waals surface area contributed by atoms with Crippen molar-refractivity contribution in [2.45, 2.75) is 13.5 Å². The van der Waals surface area contributed by atoms with E-state index in [1.807, 2.05) is 54.6 Å². The number of rotatable bonds is 6. The summed E-state index contributed by atoms with van der Waals surface area (Å²) in [6.45, 7) is 2.20. The van der Waals surface area contributed by atoms with Gasteiger partial charge in [-0.15, -0.1) is 0 Å². The molecule has 26 heavy (non-hydrogen) atoms. The van der Waals surface area contributed by atoms with Crippen LogP contribution in [-0.2, 0) is 6.54 Å². The van der Waals surface area contributed by atoms with Crippen LogP contribution in [0.1, 0.15) is 21.6 Å². The number of nitrogens with one attached hydrogen (secondary N) is 1. The van der Waals surface area contributed by atoms with Crippen molar-refractivity contribution in [1.29, 1.82) is 0 Å². The van der Waals surface area contributed by atoms with E-state index in [0.29, 0.717) is 23.7 Å². The van der Waals surface area contributed by atoms with E-state index in [1.54, 1.807) is 18.7 Å². The van der Waals surface area contributed by atoms with Gasteiger partial charge in [0.25, 0.3) is 5.91 Å². The molecular weight excluding hydrogens is 330 g/mol. The molecular formula is C20H21N3O3. The van der Waals surface area contributed by atoms with Gasteiger partial charge < -0.3 is 14.8 Å². The van der Waals surface area contributed by atoms with Crippen LogP contribution < -0.4 is 14.8 Å². The van der Waals surface area contributed by atoms with Crippen molar-refractivity contribution in [2.24, 2.45) is 0 Å². The normalized spacial score (nSPS) is 10.4. The number of hydrogen-bond donors (Lipinski definition) is 1. The van der Waals surface area contributed by atoms with Crippen LogP contribution in [0.25, 0.3) is 5.69 Å². The topological polar surface area (TPSA) is 65.4 Å². The van der Waals surface area contributed by atoms with Gasteiger partial charge in [-0.2, -0.15) is 5.10 Å². The third kappa shape index (κ3) is 3.54. The molecule has 0 saturated heterocycles. The summed E-state index contributed by atoms with van der Waals surface area (Å²) in [6.07, 6.45) is 0. The number of nitrogens with zero attached hydrogens (tertiary/aromatic N) is 2. The molecule has 1 amide bonds. The Hall–Kier alpha value is -3.28. The second-order valence-corrected chi connectivity index (χ2v) is 5.75. The van der Waals surface area contributed by atoms with Crippen LogP contribution in [0.3, 0.4) is 0 Å². The van der Waals surface area contributed by atoms with Crippen molar-refractivity contribution < 1.29 is 14.3 Å². The van der Waals surface area contributed by atoms with Crippen molar-refractivity contribution in [3.05, 3.63) is 71.4 Å². The molecule has 2 aromatic carbocycles. The van der Waals surface area contributed by atoms with E-state index in [1.165, 1.54) is 7.11 Å². The summed E-state index contributed by atoms with van der Waals surface area (Å²) in [5, 5.41) is 7.38. The summed E-state index contributed by atoms with van der Waals surface area (Å²) in [5.74, 6) is 0.972. The zero-order chi connectivity index (χ0) is 18.5. The number of ether oxygens (including phenoxy) is 2. The first-order valence-electron chi connectivity index (χ1n) is 8.24. The zero-order valence-corrected chi connectivity index (χ0v) is 15.0. The van der Waals surface area contributed by atoms with E-state index in [2.05, 4.69) is 10.4 Å². The minimum Gasteiger partial charge on any atom is -0.497 e. The Balaban J connectivity index is 1.81. The van der Waals surface area contributed by atoms with Crippen molar-refractivity contribution in [1.82, 2.24) is 15.1 Å². The highest BCUT2D eigenvalue weighted by Gasteiger charge is 2.23. The molecule has 0 aliphatic rings. The van der Waals surface area contributed by atoms with E-state index in [0.717, 1.165) is 17.0 Å². The molecule has 0 radical (unpaired) electrons. The molecule has 0 spiro atoms. The molecule has 134 valence electrons. The predicted molar refractivity (Wildman–Crippen MR) is 99.0 cm³/mol. The van der Waals surface area contributed by atoms with Gasteiger partial charge in [0.1, 0.15) is 11.3 Å². The monoisotopic (exact) mass is 351 g/mol. The lowest BCUT2D eigenvalue weighted by Crippen LogP contribution is -2.23. The SMILES string of the molecule is COc1ccc(CNC(=O)c2c(C)nn(-c3ccccc3)c2OC)cc1. The van der Waals surface area contributed by atoms with Crippen LogP contribution >= 0.6 is 0 Å². The Morgan fingerprint density at radius 2 is 1.73 bits per heavy atom. The minimum atomic E-state index is -0.225. The molecule has 6 nitrogen and oxygen atoms in total. The highest BCUT2D eigenvalue weighted by molar-refractivity contribution is 5.97. The molecule has 1 heterocycles. The maximum atomic E-state index is 12.7. The van der Waals surface area contributed by atoms with E-state index < -0.39 is 0 Å². The molecule has 1 N–H and O–H groups in total. The minimum absolute atomic E-state index is 0.225. The molecule has 0 fully saturated rings. The van der Waals surface area contributed by atoms with Gasteiger partial charge in [-0.25, -0.2) is 4.68 Å². The molecule has 6 heteroatoms. The van der Waals surface area contributed by atoms with Crippen molar-refractivity contribution in [2.75, 3.05) is 14.2 Å². The van der Waals surface area contributed by atoms with Crippen molar-refractivity contribution >= 4 is 5.91 Å². The smallest absolute Gasteiger partial charge is 0.258 e. The Labute approximate surface area is 152 Å². The molecule has 0 bridgehead atoms. The summed E-state index contributed by atoms with van der Waals surface area (Å²) >= 11 is 0. The average Bonchev–Trinajstić information content (AvgIpc) is 3.03. The second-order valence-electron chi connectivity index (χ2n) is 5.75. The van der Waals surface area contributed by atoms with Gasteiger partial charge in [0.15, 0.2) is 0 Å². The molecule has 0 saturated carbocycles. The Morgan fingerprint density at radius 3 is 2.35 bits per heavy atom. The van der Waals surface area contributed by atoms with E-state index in [-0.39, 0.29) is 5.91 Å². The summed E-state index contributed by atoms with van der Waals surface area (Å²) < 4.78 is 12.3. The van der Waals surface area contributed by atoms with Gasteiger partial charge in [0, 0.05) is 6.54 Å². The van der Waals surface area contributed by atoms with Crippen LogP contribution in [0, 0.1) is 6.92 Å². The number of amides is 1. The van der Waals surface area contributed by atoms with Gasteiger partial charge in [0.05, 0.1) is 25.6 Å². The van der Waals surface area contributed by atoms with Gasteiger partial charge in [-0.1, -0.05) is 30.3 Å². The van der Waals surface area contributed by atoms with Crippen LogP contribution in [0.5, 0.6) is 11.6 Å². The first-order chi connectivity index (χ1) is 12.6. The number of para-hydroxylation sites is 1. The molecule has 0 atom stereocenters. The largest absolute Gasteiger partial charge is 0.497 e. The summed E-state index contributed by atoms with van der Waals surface area (Å²) in [6, 6.07) is 17.1. The number of aromatic nitrogens is 2. The van der Waals surface area contributed by atoms with Crippen molar-refractivity contribution in [3.63, 3.8) is 0 Å². The quantitative estimate of drug-likeness (QED) is 0.741. The van der Waals surface area contributed by atoms with Gasteiger partial charge in [0.2, 0.25) is 5.88 Å². The van der Waals surface area contributed by atoms with Crippen LogP contribution in [-0.4, -0.2) is 29.9 Å². The summed E-state index contributed by atoms with van der Waals surface area (Å²) in [4.78, 5) is 12.7. The predicted octanol–water partition coefficient (Wildman–Crippen LogP) is 3.13. The molecule has 1 aromatic heterocycles. The lowest BCUT2D eigenvalue weighted by molar-refractivity contribution is 0.0947. The standard InChI is InChI=1S/C20H21N3O3/c1-14-18(19(24)21-13-15-9-11-17(25-2)12-10-15)20(26-3)23(22-14)16-7-5-4-6-8-16/h4-12H,13H2,1-3H3,(H,21,24). The lowest BCUT2D eigenvalue weighted by Gasteiger charge is -2.09. The van der Waals surface area contributed by atoms with E-state index in [9.17, 15) is 4.79 Å². The Kier molecular flexibility index (Phi) is 5.22. The van der Waals surface area contributed by atoms with E-state index in [4.69, 9.17) is 9.47 Å². The number of hydrogen-bond acceptors (Lipinski definition) is 4. The second kappa shape index (κ2) is 7.74. The lowest BCUT2D eigenvalue weighted by atomic mass is 10.2. The third-order valence-electron chi connectivity index (χ3n) is 4.05. The maximum Gasteiger partial charge on any atom is 0.258 e. The molecule has 3 aromatic rings. The van der Waals surface area contributed by atoms with Gasteiger partial charge in [-0.05, 0) is 36.8 Å². The number of aryl methyl sites for hydroxylation is 1. The highest BCUT2D eigenvalue weighted by Crippen LogP contribution is 2.25. The Morgan fingerprint density at radius 1 is 1.04 bits per heavy atom. The number of benzene rings is 2. The Bertz CT molecular complexity index is 887. The fourth-order valence-electron chi connectivity index (χ4n) is 2.71. The summed E-state index contributed by atoms with van der Waals surface area (Å²) in [5.41, 5.74) is 2.86. The number of methoxy groups -OCH3 is 2. The van der Waals surface area contributed by atoms with Gasteiger partial charge in [-0.3, -0.25) is 4.79 Å². The van der Waals surface area contributed by atoms with Crippen molar-refractivity contribution in [3.8, 4) is 17.3 Å². The molecule has 3 rings (SSSR count). The third-order valence-corrected chi connectivity index (χ3v) is 4.05. The number of carbonyl (C=O) groups excluding carboxylic acids is 1. The zero-order valence-electron chi connectivity index (χ0n) is 15.0. The van der Waals surface area contributed by atoms with Gasteiger partial charge >= 0.3 is 0 Å². The van der Waals surface area contributed by atoms with Crippen LogP contribution in [0.2, 0.25) is 0 Å². The molecule has 0 unspecified atom stereocenters. The number of carbonyl (C=O) groups is 1. The van der Waals surface area contributed by atoms with Crippen LogP contribution in [0.15, 0.2) is 54.6 Å².